The number of thiophene rings is 1. The summed E-state index contributed by atoms with van der Waals surface area (Å²) in [5.41, 5.74) is -0.404. The predicted molar refractivity (Wildman–Crippen MR) is 120 cm³/mol. The molecule has 0 saturated heterocycles. The standard InChI is InChI=1S/C24H17F3N2O5S/c1-2-34-23(33)18-11-15(12-29-21(31)16-5-3-4-6-17(16)22(29)32)35-20(18)28-19(30)13-7-9-14(10-8-13)24(25,26)27/h3-11H,2,12H2,1H3,(H,28,30). The number of ether oxygens (including phenoxy) is 1. The molecule has 0 aliphatic carbocycles. The average Bonchev–Trinajstić information content (AvgIpc) is 3.33. The molecule has 0 radical (unpaired) electrons. The molecule has 2 heterocycles. The van der Waals surface area contributed by atoms with Crippen LogP contribution >= 0.6 is 11.3 Å². The molecule has 0 unspecified atom stereocenters. The van der Waals surface area contributed by atoms with Gasteiger partial charge in [0.25, 0.3) is 17.7 Å². The Kier molecular flexibility index (Phi) is 6.44. The molecule has 35 heavy (non-hydrogen) atoms. The Balaban J connectivity index is 1.58. The van der Waals surface area contributed by atoms with Crippen LogP contribution in [0, 0.1) is 0 Å². The Morgan fingerprint density at radius 3 is 2.14 bits per heavy atom. The Bertz CT molecular complexity index is 1300. The molecule has 1 aliphatic heterocycles. The van der Waals surface area contributed by atoms with Gasteiger partial charge in [-0.2, -0.15) is 13.2 Å². The van der Waals surface area contributed by atoms with Crippen molar-refractivity contribution >= 4 is 40.0 Å². The molecule has 1 N–H and O–H groups in total. The molecule has 1 aromatic heterocycles. The van der Waals surface area contributed by atoms with E-state index in [1.165, 1.54) is 6.07 Å². The highest BCUT2D eigenvalue weighted by atomic mass is 32.1. The molecule has 180 valence electrons. The SMILES string of the molecule is CCOC(=O)c1cc(CN2C(=O)c3ccccc3C2=O)sc1NC(=O)c1ccc(C(F)(F)F)cc1. The Hall–Kier alpha value is -3.99. The molecule has 3 amide bonds. The lowest BCUT2D eigenvalue weighted by Gasteiger charge is -2.12. The van der Waals surface area contributed by atoms with Gasteiger partial charge in [0.15, 0.2) is 0 Å². The van der Waals surface area contributed by atoms with E-state index < -0.39 is 35.4 Å². The molecular weight excluding hydrogens is 485 g/mol. The van der Waals surface area contributed by atoms with E-state index in [1.54, 1.807) is 31.2 Å². The Morgan fingerprint density at radius 2 is 1.60 bits per heavy atom. The van der Waals surface area contributed by atoms with Gasteiger partial charge < -0.3 is 10.1 Å². The van der Waals surface area contributed by atoms with Crippen molar-refractivity contribution < 1.29 is 37.1 Å². The van der Waals surface area contributed by atoms with Crippen molar-refractivity contribution in [2.75, 3.05) is 11.9 Å². The lowest BCUT2D eigenvalue weighted by atomic mass is 10.1. The maximum absolute atomic E-state index is 12.8. The van der Waals surface area contributed by atoms with E-state index in [4.69, 9.17) is 4.74 Å². The molecule has 0 saturated carbocycles. The van der Waals surface area contributed by atoms with Gasteiger partial charge in [-0.25, -0.2) is 4.79 Å². The minimum Gasteiger partial charge on any atom is -0.462 e. The normalized spacial score (nSPS) is 13.1. The van der Waals surface area contributed by atoms with Gasteiger partial charge in [0, 0.05) is 10.4 Å². The number of esters is 1. The maximum atomic E-state index is 12.8. The number of hydrogen-bond acceptors (Lipinski definition) is 6. The second-order valence-corrected chi connectivity index (χ2v) is 8.58. The van der Waals surface area contributed by atoms with Gasteiger partial charge in [0.05, 0.1) is 35.4 Å². The summed E-state index contributed by atoms with van der Waals surface area (Å²) in [7, 11) is 0. The number of fused-ring (bicyclic) bond motifs is 1. The van der Waals surface area contributed by atoms with Crippen molar-refractivity contribution in [3.05, 3.63) is 87.3 Å². The molecule has 2 aromatic carbocycles. The van der Waals surface area contributed by atoms with Crippen LogP contribution in [0.3, 0.4) is 0 Å². The van der Waals surface area contributed by atoms with Gasteiger partial charge in [-0.05, 0) is 49.4 Å². The highest BCUT2D eigenvalue weighted by Crippen LogP contribution is 2.33. The number of nitrogens with one attached hydrogen (secondary N) is 1. The largest absolute Gasteiger partial charge is 0.462 e. The fraction of sp³-hybridized carbons (Fsp3) is 0.167. The van der Waals surface area contributed by atoms with Crippen molar-refractivity contribution in [1.82, 2.24) is 4.90 Å². The highest BCUT2D eigenvalue weighted by Gasteiger charge is 2.36. The zero-order valence-corrected chi connectivity index (χ0v) is 19.0. The summed E-state index contributed by atoms with van der Waals surface area (Å²) in [5.74, 6) is -2.43. The second kappa shape index (κ2) is 9.34. The van der Waals surface area contributed by atoms with Crippen molar-refractivity contribution in [3.8, 4) is 0 Å². The number of rotatable bonds is 6. The quantitative estimate of drug-likeness (QED) is 0.379. The van der Waals surface area contributed by atoms with Gasteiger partial charge in [-0.3, -0.25) is 19.3 Å². The molecule has 11 heteroatoms. The number of hydrogen-bond donors (Lipinski definition) is 1. The zero-order valence-electron chi connectivity index (χ0n) is 18.1. The highest BCUT2D eigenvalue weighted by molar-refractivity contribution is 7.16. The van der Waals surface area contributed by atoms with Crippen molar-refractivity contribution in [3.63, 3.8) is 0 Å². The number of amides is 3. The van der Waals surface area contributed by atoms with E-state index >= 15 is 0 Å². The summed E-state index contributed by atoms with van der Waals surface area (Å²) in [6.45, 7) is 1.53. The minimum absolute atomic E-state index is 0.00345. The van der Waals surface area contributed by atoms with E-state index in [0.717, 1.165) is 40.5 Å². The molecule has 7 nitrogen and oxygen atoms in total. The van der Waals surface area contributed by atoms with Crippen LogP contribution in [0.2, 0.25) is 0 Å². The molecule has 0 atom stereocenters. The molecule has 0 spiro atoms. The summed E-state index contributed by atoms with van der Waals surface area (Å²) in [6, 6.07) is 11.4. The average molecular weight is 502 g/mol. The van der Waals surface area contributed by atoms with Crippen LogP contribution in [0.25, 0.3) is 0 Å². The van der Waals surface area contributed by atoms with Crippen molar-refractivity contribution in [2.24, 2.45) is 0 Å². The van der Waals surface area contributed by atoms with Gasteiger partial charge in [0.2, 0.25) is 0 Å². The first-order valence-electron chi connectivity index (χ1n) is 10.3. The summed E-state index contributed by atoms with van der Waals surface area (Å²) in [4.78, 5) is 51.9. The van der Waals surface area contributed by atoms with Gasteiger partial charge in [-0.1, -0.05) is 12.1 Å². The first kappa shape index (κ1) is 24.1. The topological polar surface area (TPSA) is 92.8 Å². The Labute approximate surface area is 201 Å². The van der Waals surface area contributed by atoms with E-state index in [9.17, 15) is 32.3 Å². The van der Waals surface area contributed by atoms with E-state index in [0.29, 0.717) is 4.88 Å². The summed E-state index contributed by atoms with van der Waals surface area (Å²) in [6.07, 6.45) is -4.54. The number of alkyl halides is 3. The lowest BCUT2D eigenvalue weighted by molar-refractivity contribution is -0.137. The minimum atomic E-state index is -4.54. The van der Waals surface area contributed by atoms with Crippen molar-refractivity contribution in [1.29, 1.82) is 0 Å². The van der Waals surface area contributed by atoms with Crippen molar-refractivity contribution in [2.45, 2.75) is 19.6 Å². The molecule has 4 rings (SSSR count). The number of anilines is 1. The van der Waals surface area contributed by atoms with Crippen LogP contribution in [0.4, 0.5) is 18.2 Å². The number of benzene rings is 2. The molecule has 3 aromatic rings. The molecular formula is C24H17F3N2O5S. The number of halogens is 3. The molecule has 0 fully saturated rings. The molecule has 0 bridgehead atoms. The van der Waals surface area contributed by atoms with Crippen LogP contribution in [0.1, 0.15) is 58.8 Å². The van der Waals surface area contributed by atoms with Gasteiger partial charge in [0.1, 0.15) is 5.00 Å². The lowest BCUT2D eigenvalue weighted by Crippen LogP contribution is -2.28. The van der Waals surface area contributed by atoms with Crippen LogP contribution in [0.5, 0.6) is 0 Å². The fourth-order valence-electron chi connectivity index (χ4n) is 3.50. The number of imide groups is 1. The first-order valence-corrected chi connectivity index (χ1v) is 11.2. The van der Waals surface area contributed by atoms with E-state index in [1.807, 2.05) is 0 Å². The van der Waals surface area contributed by atoms with Gasteiger partial charge >= 0.3 is 12.1 Å². The van der Waals surface area contributed by atoms with Crippen LogP contribution < -0.4 is 5.32 Å². The number of nitrogens with zero attached hydrogens (tertiary/aromatic N) is 1. The van der Waals surface area contributed by atoms with Gasteiger partial charge in [-0.15, -0.1) is 11.3 Å². The summed E-state index contributed by atoms with van der Waals surface area (Å²) >= 11 is 0.955. The fourth-order valence-corrected chi connectivity index (χ4v) is 4.53. The third-order valence-corrected chi connectivity index (χ3v) is 6.21. The number of carbonyl (C=O) groups is 4. The van der Waals surface area contributed by atoms with E-state index in [-0.39, 0.29) is 40.4 Å². The molecule has 1 aliphatic rings. The van der Waals surface area contributed by atoms with Crippen LogP contribution in [0.15, 0.2) is 54.6 Å². The Morgan fingerprint density at radius 1 is 1.00 bits per heavy atom. The van der Waals surface area contributed by atoms with Crippen LogP contribution in [-0.2, 0) is 17.5 Å². The third kappa shape index (κ3) is 4.80. The monoisotopic (exact) mass is 502 g/mol. The second-order valence-electron chi connectivity index (χ2n) is 7.45. The van der Waals surface area contributed by atoms with E-state index in [2.05, 4.69) is 5.32 Å². The zero-order chi connectivity index (χ0) is 25.3. The summed E-state index contributed by atoms with van der Waals surface area (Å²) in [5, 5.41) is 2.60. The van der Waals surface area contributed by atoms with Crippen LogP contribution in [-0.4, -0.2) is 35.2 Å². The maximum Gasteiger partial charge on any atom is 0.416 e. The summed E-state index contributed by atoms with van der Waals surface area (Å²) < 4.78 is 43.4. The smallest absolute Gasteiger partial charge is 0.416 e. The predicted octanol–water partition coefficient (Wildman–Crippen LogP) is 4.99. The first-order chi connectivity index (χ1) is 16.6. The third-order valence-electron chi connectivity index (χ3n) is 5.17. The number of carbonyl (C=O) groups excluding carboxylic acids is 4.